The standard InChI is InChI=1S/C15H25N3O2/c1-12(5-6-13-4-3-9-18(13)2)17-14(20)16-10-15(11-19)7-8-15/h3-4,9,12,19H,5-8,10-11H2,1-2H3,(H2,16,17,20). The summed E-state index contributed by atoms with van der Waals surface area (Å²) in [4.78, 5) is 11.8. The molecule has 1 unspecified atom stereocenters. The van der Waals surface area contributed by atoms with Crippen molar-refractivity contribution in [3.05, 3.63) is 24.0 Å². The number of nitrogens with zero attached hydrogens (tertiary/aromatic N) is 1. The van der Waals surface area contributed by atoms with Crippen molar-refractivity contribution in [3.8, 4) is 0 Å². The summed E-state index contributed by atoms with van der Waals surface area (Å²) in [6, 6.07) is 4.13. The fourth-order valence-corrected chi connectivity index (χ4v) is 2.30. The molecule has 1 heterocycles. The third-order valence-electron chi connectivity index (χ3n) is 4.18. The predicted molar refractivity (Wildman–Crippen MR) is 78.5 cm³/mol. The van der Waals surface area contributed by atoms with E-state index in [4.69, 9.17) is 0 Å². The zero-order valence-corrected chi connectivity index (χ0v) is 12.4. The molecule has 20 heavy (non-hydrogen) atoms. The van der Waals surface area contributed by atoms with E-state index in [1.54, 1.807) is 0 Å². The average Bonchev–Trinajstić information content (AvgIpc) is 3.10. The number of aromatic nitrogens is 1. The number of aliphatic hydroxyl groups excluding tert-OH is 1. The second-order valence-corrected chi connectivity index (χ2v) is 6.04. The van der Waals surface area contributed by atoms with Gasteiger partial charge in [0.2, 0.25) is 0 Å². The SMILES string of the molecule is CC(CCc1cccn1C)NC(=O)NCC1(CO)CC1. The molecule has 112 valence electrons. The minimum Gasteiger partial charge on any atom is -0.396 e. The molecule has 1 aromatic heterocycles. The average molecular weight is 279 g/mol. The van der Waals surface area contributed by atoms with Crippen molar-refractivity contribution < 1.29 is 9.90 Å². The van der Waals surface area contributed by atoms with Gasteiger partial charge < -0.3 is 20.3 Å². The van der Waals surface area contributed by atoms with Gasteiger partial charge in [0.05, 0.1) is 6.61 Å². The summed E-state index contributed by atoms with van der Waals surface area (Å²) in [5, 5.41) is 15.0. The first-order valence-electron chi connectivity index (χ1n) is 7.30. The molecule has 5 nitrogen and oxygen atoms in total. The minimum absolute atomic E-state index is 0.0381. The quantitative estimate of drug-likeness (QED) is 0.706. The molecule has 1 atom stereocenters. The van der Waals surface area contributed by atoms with Crippen molar-refractivity contribution in [1.29, 1.82) is 0 Å². The van der Waals surface area contributed by atoms with Gasteiger partial charge in [0.25, 0.3) is 0 Å². The third-order valence-corrected chi connectivity index (χ3v) is 4.18. The van der Waals surface area contributed by atoms with Crippen LogP contribution in [0.25, 0.3) is 0 Å². The molecule has 1 aliphatic carbocycles. The van der Waals surface area contributed by atoms with E-state index in [1.807, 2.05) is 26.2 Å². The van der Waals surface area contributed by atoms with Gasteiger partial charge in [-0.1, -0.05) is 0 Å². The van der Waals surface area contributed by atoms with Gasteiger partial charge in [-0.3, -0.25) is 0 Å². The third kappa shape index (κ3) is 4.00. The molecule has 2 amide bonds. The molecular weight excluding hydrogens is 254 g/mol. The Kier molecular flexibility index (Phi) is 4.70. The fourth-order valence-electron chi connectivity index (χ4n) is 2.30. The first-order valence-corrected chi connectivity index (χ1v) is 7.30. The number of amides is 2. The molecule has 0 radical (unpaired) electrons. The zero-order chi connectivity index (χ0) is 14.6. The summed E-state index contributed by atoms with van der Waals surface area (Å²) in [5.41, 5.74) is 1.24. The second kappa shape index (κ2) is 6.31. The summed E-state index contributed by atoms with van der Waals surface area (Å²) in [7, 11) is 2.03. The predicted octanol–water partition coefficient (Wildman–Crippen LogP) is 1.42. The van der Waals surface area contributed by atoms with Crippen LogP contribution in [0.2, 0.25) is 0 Å². The highest BCUT2D eigenvalue weighted by Crippen LogP contribution is 2.44. The molecule has 1 saturated carbocycles. The summed E-state index contributed by atoms with van der Waals surface area (Å²) in [6.45, 7) is 2.75. The highest BCUT2D eigenvalue weighted by Gasteiger charge is 2.42. The van der Waals surface area contributed by atoms with Gasteiger partial charge in [-0.25, -0.2) is 4.79 Å². The van der Waals surface area contributed by atoms with Gasteiger partial charge >= 0.3 is 6.03 Å². The van der Waals surface area contributed by atoms with E-state index in [1.165, 1.54) is 5.69 Å². The Morgan fingerprint density at radius 1 is 1.55 bits per heavy atom. The summed E-state index contributed by atoms with van der Waals surface area (Å²) >= 11 is 0. The first-order chi connectivity index (χ1) is 9.54. The molecular formula is C15H25N3O2. The molecule has 0 spiro atoms. The maximum atomic E-state index is 11.8. The zero-order valence-electron chi connectivity index (χ0n) is 12.4. The first kappa shape index (κ1) is 14.9. The van der Waals surface area contributed by atoms with Gasteiger partial charge in [-0.2, -0.15) is 0 Å². The van der Waals surface area contributed by atoms with Crippen LogP contribution in [-0.4, -0.2) is 34.9 Å². The van der Waals surface area contributed by atoms with Crippen molar-refractivity contribution in [2.45, 2.75) is 38.6 Å². The lowest BCUT2D eigenvalue weighted by atomic mass is 10.1. The Bertz CT molecular complexity index is 452. The molecule has 2 rings (SSSR count). The number of hydrogen-bond acceptors (Lipinski definition) is 2. The lowest BCUT2D eigenvalue weighted by molar-refractivity contribution is 0.202. The molecule has 1 aliphatic rings. The van der Waals surface area contributed by atoms with Crippen molar-refractivity contribution >= 4 is 6.03 Å². The number of rotatable bonds is 7. The van der Waals surface area contributed by atoms with E-state index in [0.717, 1.165) is 25.7 Å². The Morgan fingerprint density at radius 2 is 2.30 bits per heavy atom. The largest absolute Gasteiger partial charge is 0.396 e. The van der Waals surface area contributed by atoms with E-state index in [2.05, 4.69) is 21.3 Å². The monoisotopic (exact) mass is 279 g/mol. The van der Waals surface area contributed by atoms with Crippen molar-refractivity contribution in [3.63, 3.8) is 0 Å². The lowest BCUT2D eigenvalue weighted by Crippen LogP contribution is -2.43. The van der Waals surface area contributed by atoms with Crippen LogP contribution in [0.4, 0.5) is 4.79 Å². The van der Waals surface area contributed by atoms with Crippen LogP contribution < -0.4 is 10.6 Å². The number of aryl methyl sites for hydroxylation is 2. The minimum atomic E-state index is -0.135. The van der Waals surface area contributed by atoms with Gasteiger partial charge in [-0.05, 0) is 44.7 Å². The van der Waals surface area contributed by atoms with E-state index < -0.39 is 0 Å². The van der Waals surface area contributed by atoms with Crippen molar-refractivity contribution in [2.24, 2.45) is 12.5 Å². The number of hydrogen-bond donors (Lipinski definition) is 3. The van der Waals surface area contributed by atoms with Crippen LogP contribution in [0.3, 0.4) is 0 Å². The normalized spacial score (nSPS) is 17.6. The van der Waals surface area contributed by atoms with Crippen molar-refractivity contribution in [1.82, 2.24) is 15.2 Å². The molecule has 0 saturated heterocycles. The summed E-state index contributed by atoms with van der Waals surface area (Å²) in [5.74, 6) is 0. The van der Waals surface area contributed by atoms with Crippen LogP contribution in [0.5, 0.6) is 0 Å². The fraction of sp³-hybridized carbons (Fsp3) is 0.667. The number of carbonyl (C=O) groups is 1. The topological polar surface area (TPSA) is 66.3 Å². The number of aliphatic hydroxyl groups is 1. The van der Waals surface area contributed by atoms with E-state index in [0.29, 0.717) is 6.54 Å². The second-order valence-electron chi connectivity index (χ2n) is 6.04. The summed E-state index contributed by atoms with van der Waals surface area (Å²) in [6.07, 6.45) is 5.91. The van der Waals surface area contributed by atoms with E-state index >= 15 is 0 Å². The van der Waals surface area contributed by atoms with Gasteiger partial charge in [0, 0.05) is 36.9 Å². The van der Waals surface area contributed by atoms with Crippen LogP contribution in [0.15, 0.2) is 18.3 Å². The van der Waals surface area contributed by atoms with E-state index in [-0.39, 0.29) is 24.1 Å². The molecule has 1 aromatic rings. The molecule has 3 N–H and O–H groups in total. The molecule has 5 heteroatoms. The Balaban J connectivity index is 1.65. The van der Waals surface area contributed by atoms with Crippen LogP contribution in [0, 0.1) is 5.41 Å². The van der Waals surface area contributed by atoms with E-state index in [9.17, 15) is 9.90 Å². The van der Waals surface area contributed by atoms with Crippen LogP contribution >= 0.6 is 0 Å². The Morgan fingerprint density at radius 3 is 2.85 bits per heavy atom. The number of nitrogens with one attached hydrogen (secondary N) is 2. The highest BCUT2D eigenvalue weighted by atomic mass is 16.3. The molecule has 1 fully saturated rings. The van der Waals surface area contributed by atoms with Gasteiger partial charge in [0.15, 0.2) is 0 Å². The van der Waals surface area contributed by atoms with Crippen molar-refractivity contribution in [2.75, 3.05) is 13.2 Å². The van der Waals surface area contributed by atoms with Crippen LogP contribution in [-0.2, 0) is 13.5 Å². The summed E-state index contributed by atoms with van der Waals surface area (Å²) < 4.78 is 2.10. The highest BCUT2D eigenvalue weighted by molar-refractivity contribution is 5.74. The Hall–Kier alpha value is -1.49. The molecule has 0 aliphatic heterocycles. The molecule has 0 aromatic carbocycles. The maximum absolute atomic E-state index is 11.8. The molecule has 0 bridgehead atoms. The number of carbonyl (C=O) groups excluding carboxylic acids is 1. The van der Waals surface area contributed by atoms with Crippen LogP contribution in [0.1, 0.15) is 31.9 Å². The number of urea groups is 1. The van der Waals surface area contributed by atoms with Gasteiger partial charge in [-0.15, -0.1) is 0 Å². The van der Waals surface area contributed by atoms with Gasteiger partial charge in [0.1, 0.15) is 0 Å². The lowest BCUT2D eigenvalue weighted by Gasteiger charge is -2.17. The smallest absolute Gasteiger partial charge is 0.315 e. The maximum Gasteiger partial charge on any atom is 0.315 e. The Labute approximate surface area is 120 Å².